The number of nitrogens with zero attached hydrogens (tertiary/aromatic N) is 2. The number of carbonyl (C=O) groups excluding carboxylic acids is 1. The summed E-state index contributed by atoms with van der Waals surface area (Å²) in [6.45, 7) is 8.87. The van der Waals surface area contributed by atoms with Crippen LogP contribution in [0.25, 0.3) is 22.0 Å². The van der Waals surface area contributed by atoms with Crippen LogP contribution in [0.3, 0.4) is 0 Å². The molecule has 0 N–H and O–H groups in total. The summed E-state index contributed by atoms with van der Waals surface area (Å²) in [6, 6.07) is 16.1. The van der Waals surface area contributed by atoms with E-state index in [1.165, 1.54) is 11.1 Å². The molecule has 0 saturated heterocycles. The number of rotatable bonds is 4. The lowest BCUT2D eigenvalue weighted by atomic mass is 10.1. The highest BCUT2D eigenvalue weighted by Gasteiger charge is 2.22. The normalized spacial score (nSPS) is 11.3. The van der Waals surface area contributed by atoms with E-state index in [2.05, 4.69) is 44.0 Å². The Morgan fingerprint density at radius 3 is 2.54 bits per heavy atom. The Hall–Kier alpha value is -3.14. The van der Waals surface area contributed by atoms with Crippen LogP contribution in [0.5, 0.6) is 0 Å². The molecule has 142 valence electrons. The van der Waals surface area contributed by atoms with Gasteiger partial charge in [-0.25, -0.2) is 4.98 Å². The molecule has 0 saturated carbocycles. The number of amides is 1. The highest BCUT2D eigenvalue weighted by Crippen LogP contribution is 2.26. The lowest BCUT2D eigenvalue weighted by Crippen LogP contribution is -2.31. The molecule has 0 fully saturated rings. The van der Waals surface area contributed by atoms with Crippen molar-refractivity contribution in [2.24, 2.45) is 0 Å². The number of benzene rings is 2. The number of fused-ring (bicyclic) bond motifs is 2. The molecule has 4 rings (SSSR count). The molecule has 4 heteroatoms. The molecule has 0 radical (unpaired) electrons. The van der Waals surface area contributed by atoms with E-state index in [0.29, 0.717) is 18.0 Å². The summed E-state index contributed by atoms with van der Waals surface area (Å²) in [5.41, 5.74) is 5.79. The first-order chi connectivity index (χ1) is 13.5. The van der Waals surface area contributed by atoms with E-state index in [1.807, 2.05) is 31.2 Å². The molecule has 0 aliphatic rings. The van der Waals surface area contributed by atoms with Crippen molar-refractivity contribution >= 4 is 33.6 Å². The molecule has 4 aromatic rings. The molecular formula is C24H24N2O2. The zero-order valence-electron chi connectivity index (χ0n) is 16.7. The smallest absolute Gasteiger partial charge is 0.294 e. The molecule has 2 aromatic carbocycles. The third-order valence-corrected chi connectivity index (χ3v) is 5.16. The minimum atomic E-state index is -0.136. The molecule has 0 atom stereocenters. The summed E-state index contributed by atoms with van der Waals surface area (Å²) >= 11 is 0. The fourth-order valence-corrected chi connectivity index (χ4v) is 3.44. The largest absolute Gasteiger partial charge is 0.433 e. The monoisotopic (exact) mass is 372 g/mol. The minimum absolute atomic E-state index is 0.136. The average molecular weight is 372 g/mol. The predicted molar refractivity (Wildman–Crippen MR) is 114 cm³/mol. The summed E-state index contributed by atoms with van der Waals surface area (Å²) in [4.78, 5) is 19.6. The molecule has 28 heavy (non-hydrogen) atoms. The number of aromatic nitrogens is 1. The highest BCUT2D eigenvalue weighted by atomic mass is 16.4. The molecule has 1 amide bonds. The van der Waals surface area contributed by atoms with Gasteiger partial charge in [0, 0.05) is 23.0 Å². The van der Waals surface area contributed by atoms with Crippen molar-refractivity contribution in [2.75, 3.05) is 11.4 Å². The van der Waals surface area contributed by atoms with Crippen molar-refractivity contribution in [3.63, 3.8) is 0 Å². The van der Waals surface area contributed by atoms with Crippen molar-refractivity contribution in [3.8, 4) is 0 Å². The summed E-state index contributed by atoms with van der Waals surface area (Å²) < 4.78 is 5.88. The first-order valence-electron chi connectivity index (χ1n) is 9.66. The third kappa shape index (κ3) is 3.26. The van der Waals surface area contributed by atoms with E-state index in [4.69, 9.17) is 4.42 Å². The number of aryl methyl sites for hydroxylation is 3. The third-order valence-electron chi connectivity index (χ3n) is 5.16. The van der Waals surface area contributed by atoms with E-state index < -0.39 is 0 Å². The van der Waals surface area contributed by atoms with Crippen LogP contribution < -0.4 is 4.90 Å². The fourth-order valence-electron chi connectivity index (χ4n) is 3.44. The lowest BCUT2D eigenvalue weighted by Gasteiger charge is -2.22. The maximum absolute atomic E-state index is 13.3. The van der Waals surface area contributed by atoms with Gasteiger partial charge in [-0.3, -0.25) is 4.79 Å². The molecule has 0 aliphatic heterocycles. The molecule has 4 nitrogen and oxygen atoms in total. The summed E-state index contributed by atoms with van der Waals surface area (Å²) in [5, 5.41) is 1.88. The van der Waals surface area contributed by atoms with Gasteiger partial charge in [-0.1, -0.05) is 25.1 Å². The number of hydrogen-bond donors (Lipinski definition) is 0. The topological polar surface area (TPSA) is 46.3 Å². The highest BCUT2D eigenvalue weighted by molar-refractivity contribution is 6.06. The lowest BCUT2D eigenvalue weighted by molar-refractivity contribution is 0.0962. The quantitative estimate of drug-likeness (QED) is 0.444. The van der Waals surface area contributed by atoms with E-state index in [9.17, 15) is 4.79 Å². The van der Waals surface area contributed by atoms with Gasteiger partial charge in [0.1, 0.15) is 0 Å². The van der Waals surface area contributed by atoms with Gasteiger partial charge in [0.15, 0.2) is 5.76 Å². The Kier molecular flexibility index (Phi) is 4.63. The zero-order valence-corrected chi connectivity index (χ0v) is 16.7. The summed E-state index contributed by atoms with van der Waals surface area (Å²) in [5.74, 6) is 0.185. The van der Waals surface area contributed by atoms with Crippen LogP contribution in [0.15, 0.2) is 52.9 Å². The second-order valence-electron chi connectivity index (χ2n) is 7.41. The second-order valence-corrected chi connectivity index (χ2v) is 7.41. The van der Waals surface area contributed by atoms with Gasteiger partial charge in [0.25, 0.3) is 5.91 Å². The van der Waals surface area contributed by atoms with Crippen LogP contribution in [-0.2, 0) is 0 Å². The maximum atomic E-state index is 13.3. The van der Waals surface area contributed by atoms with Crippen molar-refractivity contribution < 1.29 is 9.21 Å². The Bertz CT molecular complexity index is 1190. The molecule has 0 aliphatic carbocycles. The van der Waals surface area contributed by atoms with Crippen LogP contribution in [0, 0.1) is 20.8 Å². The average Bonchev–Trinajstić information content (AvgIpc) is 3.09. The van der Waals surface area contributed by atoms with Gasteiger partial charge in [-0.05, 0) is 74.2 Å². The first-order valence-corrected chi connectivity index (χ1v) is 9.66. The number of pyridine rings is 1. The van der Waals surface area contributed by atoms with Crippen molar-refractivity contribution in [2.45, 2.75) is 34.1 Å². The summed E-state index contributed by atoms with van der Waals surface area (Å²) in [6.07, 6.45) is 0.861. The number of carbonyl (C=O) groups is 1. The molecular weight excluding hydrogens is 348 g/mol. The number of hydrogen-bond acceptors (Lipinski definition) is 3. The summed E-state index contributed by atoms with van der Waals surface area (Å²) in [7, 11) is 0. The Morgan fingerprint density at radius 1 is 0.964 bits per heavy atom. The first kappa shape index (κ1) is 18.2. The van der Waals surface area contributed by atoms with Gasteiger partial charge in [-0.15, -0.1) is 0 Å². The van der Waals surface area contributed by atoms with Crippen LogP contribution in [-0.4, -0.2) is 17.4 Å². The van der Waals surface area contributed by atoms with Gasteiger partial charge in [0.2, 0.25) is 5.71 Å². The predicted octanol–water partition coefficient (Wildman–Crippen LogP) is 5.96. The Labute approximate surface area is 164 Å². The molecule has 0 unspecified atom stereocenters. The minimum Gasteiger partial charge on any atom is -0.433 e. The van der Waals surface area contributed by atoms with Crippen LogP contribution >= 0.6 is 0 Å². The zero-order chi connectivity index (χ0) is 19.8. The molecule has 0 spiro atoms. The van der Waals surface area contributed by atoms with E-state index in [-0.39, 0.29) is 5.91 Å². The number of furan rings is 1. The fraction of sp³-hybridized carbons (Fsp3) is 0.250. The van der Waals surface area contributed by atoms with Gasteiger partial charge >= 0.3 is 0 Å². The second kappa shape index (κ2) is 7.12. The standard InChI is InChI=1S/C24H24N2O2/c1-5-10-26(20-9-7-16(3)17(4)12-20)24(27)22-14-19-13-18-8-6-15(2)11-21(18)25-23(19)28-22/h6-9,11-14H,5,10H2,1-4H3. The SMILES string of the molecule is CCCN(C(=O)c1cc2cc3ccc(C)cc3nc2o1)c1ccc(C)c(C)c1. The molecule has 0 bridgehead atoms. The van der Waals surface area contributed by atoms with Crippen molar-refractivity contribution in [1.29, 1.82) is 0 Å². The van der Waals surface area contributed by atoms with E-state index in [0.717, 1.165) is 34.0 Å². The van der Waals surface area contributed by atoms with Crippen molar-refractivity contribution in [1.82, 2.24) is 4.98 Å². The van der Waals surface area contributed by atoms with Gasteiger partial charge in [-0.2, -0.15) is 0 Å². The van der Waals surface area contributed by atoms with Gasteiger partial charge < -0.3 is 9.32 Å². The van der Waals surface area contributed by atoms with E-state index >= 15 is 0 Å². The molecule has 2 aromatic heterocycles. The van der Waals surface area contributed by atoms with E-state index in [1.54, 1.807) is 11.0 Å². The van der Waals surface area contributed by atoms with Gasteiger partial charge in [0.05, 0.1) is 5.52 Å². The van der Waals surface area contributed by atoms with Crippen LogP contribution in [0.2, 0.25) is 0 Å². The Balaban J connectivity index is 1.76. The Morgan fingerprint density at radius 2 is 1.79 bits per heavy atom. The van der Waals surface area contributed by atoms with Crippen molar-refractivity contribution in [3.05, 3.63) is 71.0 Å². The van der Waals surface area contributed by atoms with Crippen LogP contribution in [0.4, 0.5) is 5.69 Å². The van der Waals surface area contributed by atoms with Crippen LogP contribution in [0.1, 0.15) is 40.6 Å². The maximum Gasteiger partial charge on any atom is 0.294 e. The number of anilines is 1. The molecule has 2 heterocycles.